The van der Waals surface area contributed by atoms with E-state index in [1.807, 2.05) is 37.2 Å². The molecule has 7 nitrogen and oxygen atoms in total. The minimum atomic E-state index is -0.282. The van der Waals surface area contributed by atoms with Crippen LogP contribution in [0, 0.1) is 0 Å². The number of anilines is 1. The van der Waals surface area contributed by atoms with E-state index in [-0.39, 0.29) is 11.4 Å². The predicted octanol–water partition coefficient (Wildman–Crippen LogP) is 3.88. The van der Waals surface area contributed by atoms with E-state index >= 15 is 0 Å². The van der Waals surface area contributed by atoms with Gasteiger partial charge in [0, 0.05) is 35.5 Å². The Hall–Kier alpha value is -3.13. The monoisotopic (exact) mass is 407 g/mol. The third kappa shape index (κ3) is 3.29. The molecule has 2 aromatic heterocycles. The van der Waals surface area contributed by atoms with Gasteiger partial charge in [0.1, 0.15) is 16.9 Å². The van der Waals surface area contributed by atoms with Gasteiger partial charge in [-0.25, -0.2) is 4.98 Å². The Labute approximate surface area is 172 Å². The summed E-state index contributed by atoms with van der Waals surface area (Å²) in [7, 11) is 0. The second kappa shape index (κ2) is 6.73. The molecule has 2 aromatic rings. The van der Waals surface area contributed by atoms with Crippen molar-refractivity contribution in [2.24, 2.45) is 0 Å². The summed E-state index contributed by atoms with van der Waals surface area (Å²) in [6.45, 7) is 4.03. The van der Waals surface area contributed by atoms with Crippen LogP contribution >= 0.6 is 11.3 Å². The van der Waals surface area contributed by atoms with Crippen molar-refractivity contribution in [3.05, 3.63) is 70.7 Å². The minimum absolute atomic E-state index is 0.0527. The molecular formula is C21H21N5O2S. The Bertz CT molecular complexity index is 1090. The Morgan fingerprint density at radius 3 is 3.07 bits per heavy atom. The number of ether oxygens (including phenoxy) is 1. The molecule has 1 aliphatic carbocycles. The molecule has 0 aromatic carbocycles. The maximum atomic E-state index is 12.4. The van der Waals surface area contributed by atoms with Crippen LogP contribution < -0.4 is 10.2 Å². The highest BCUT2D eigenvalue weighted by atomic mass is 32.1. The lowest BCUT2D eigenvalue weighted by atomic mass is 9.94. The van der Waals surface area contributed by atoms with Crippen LogP contribution in [0.25, 0.3) is 5.57 Å². The number of amides is 1. The van der Waals surface area contributed by atoms with Gasteiger partial charge in [-0.1, -0.05) is 23.5 Å². The highest BCUT2D eigenvalue weighted by Crippen LogP contribution is 2.36. The smallest absolute Gasteiger partial charge is 0.263 e. The fourth-order valence-electron chi connectivity index (χ4n) is 3.79. The fraction of sp³-hybridized carbons (Fsp3) is 0.286. The number of nitrogens with zero attached hydrogens (tertiary/aromatic N) is 3. The molecule has 0 atom stereocenters. The number of aromatic amines is 1. The van der Waals surface area contributed by atoms with Gasteiger partial charge in [0.05, 0.1) is 17.6 Å². The van der Waals surface area contributed by atoms with Crippen molar-refractivity contribution in [3.63, 3.8) is 0 Å². The van der Waals surface area contributed by atoms with Crippen molar-refractivity contribution >= 4 is 27.9 Å². The van der Waals surface area contributed by atoms with E-state index in [0.717, 1.165) is 52.7 Å². The molecule has 0 saturated heterocycles. The lowest BCUT2D eigenvalue weighted by Gasteiger charge is -2.29. The molecular weight excluding hydrogens is 386 g/mol. The summed E-state index contributed by atoms with van der Waals surface area (Å²) in [5.41, 5.74) is 3.73. The minimum Gasteiger partial charge on any atom is -0.462 e. The molecule has 0 saturated carbocycles. The number of carbonyl (C=O) groups is 1. The van der Waals surface area contributed by atoms with Crippen LogP contribution in [0.15, 0.2) is 54.4 Å². The number of hydrogen-bond acceptors (Lipinski definition) is 6. The van der Waals surface area contributed by atoms with E-state index in [2.05, 4.69) is 27.7 Å². The van der Waals surface area contributed by atoms with Gasteiger partial charge in [0.2, 0.25) is 0 Å². The van der Waals surface area contributed by atoms with Gasteiger partial charge in [-0.15, -0.1) is 0 Å². The van der Waals surface area contributed by atoms with Crippen LogP contribution in [0.4, 0.5) is 5.13 Å². The third-order valence-electron chi connectivity index (χ3n) is 5.11. The third-order valence-corrected chi connectivity index (χ3v) is 6.22. The molecule has 0 radical (unpaired) electrons. The summed E-state index contributed by atoms with van der Waals surface area (Å²) in [4.78, 5) is 19.8. The largest absolute Gasteiger partial charge is 0.462 e. The Balaban J connectivity index is 1.51. The van der Waals surface area contributed by atoms with Crippen LogP contribution in [0.2, 0.25) is 0 Å². The molecule has 0 unspecified atom stereocenters. The highest BCUT2D eigenvalue weighted by Gasteiger charge is 2.34. The second-order valence-electron chi connectivity index (χ2n) is 7.89. The molecule has 2 aliphatic heterocycles. The summed E-state index contributed by atoms with van der Waals surface area (Å²) >= 11 is 1.40. The fourth-order valence-corrected chi connectivity index (χ4v) is 4.73. The lowest BCUT2D eigenvalue weighted by molar-refractivity contribution is 0.0901. The number of hydrogen-bond donors (Lipinski definition) is 2. The van der Waals surface area contributed by atoms with Gasteiger partial charge in [0.15, 0.2) is 5.13 Å². The van der Waals surface area contributed by atoms with Crippen molar-refractivity contribution < 1.29 is 9.53 Å². The number of rotatable bonds is 3. The van der Waals surface area contributed by atoms with Crippen LogP contribution in [-0.2, 0) is 11.2 Å². The molecule has 5 rings (SSSR count). The zero-order chi connectivity index (χ0) is 20.0. The Kier molecular flexibility index (Phi) is 4.16. The van der Waals surface area contributed by atoms with E-state index in [1.165, 1.54) is 11.3 Å². The Morgan fingerprint density at radius 2 is 2.24 bits per heavy atom. The topological polar surface area (TPSA) is 83.1 Å². The highest BCUT2D eigenvalue weighted by molar-refractivity contribution is 7.17. The van der Waals surface area contributed by atoms with Crippen molar-refractivity contribution in [2.45, 2.75) is 38.6 Å². The molecule has 0 bridgehead atoms. The molecule has 0 fully saturated rings. The van der Waals surface area contributed by atoms with Crippen molar-refractivity contribution in [3.8, 4) is 0 Å². The zero-order valence-electron chi connectivity index (χ0n) is 16.2. The summed E-state index contributed by atoms with van der Waals surface area (Å²) < 4.78 is 5.86. The van der Waals surface area contributed by atoms with Gasteiger partial charge in [-0.05, 0) is 32.8 Å². The zero-order valence-corrected chi connectivity index (χ0v) is 17.0. The maximum absolute atomic E-state index is 12.4. The first-order valence-electron chi connectivity index (χ1n) is 9.56. The average Bonchev–Trinajstić information content (AvgIpc) is 3.37. The molecule has 8 heteroatoms. The lowest BCUT2D eigenvalue weighted by Crippen LogP contribution is -2.48. The van der Waals surface area contributed by atoms with Crippen LogP contribution in [0.1, 0.15) is 47.7 Å². The molecule has 1 amide bonds. The molecule has 4 heterocycles. The van der Waals surface area contributed by atoms with E-state index in [1.54, 1.807) is 12.5 Å². The second-order valence-corrected chi connectivity index (χ2v) is 8.87. The van der Waals surface area contributed by atoms with Gasteiger partial charge in [-0.3, -0.25) is 14.8 Å². The Morgan fingerprint density at radius 1 is 1.34 bits per heavy atom. The van der Waals surface area contributed by atoms with Crippen molar-refractivity contribution in [1.82, 2.24) is 20.5 Å². The summed E-state index contributed by atoms with van der Waals surface area (Å²) in [6, 6.07) is 1.96. The maximum Gasteiger partial charge on any atom is 0.263 e. The molecule has 29 heavy (non-hydrogen) atoms. The number of allylic oxidation sites excluding steroid dienone is 4. The van der Waals surface area contributed by atoms with E-state index in [0.29, 0.717) is 4.88 Å². The molecule has 148 valence electrons. The van der Waals surface area contributed by atoms with Crippen molar-refractivity contribution in [2.75, 3.05) is 4.90 Å². The first-order chi connectivity index (χ1) is 14.0. The van der Waals surface area contributed by atoms with E-state index in [4.69, 9.17) is 9.72 Å². The van der Waals surface area contributed by atoms with Crippen LogP contribution in [0.5, 0.6) is 0 Å². The summed E-state index contributed by atoms with van der Waals surface area (Å²) in [6.07, 6.45) is 14.0. The number of H-pyrrole nitrogens is 1. The number of thiazole rings is 1. The van der Waals surface area contributed by atoms with Crippen LogP contribution in [0.3, 0.4) is 0 Å². The summed E-state index contributed by atoms with van der Waals surface area (Å²) in [5.74, 6) is 0.725. The van der Waals surface area contributed by atoms with Crippen molar-refractivity contribution in [1.29, 1.82) is 0 Å². The van der Waals surface area contributed by atoms with E-state index in [9.17, 15) is 4.79 Å². The normalized spacial score (nSPS) is 20.3. The average molecular weight is 407 g/mol. The molecule has 2 N–H and O–H groups in total. The van der Waals surface area contributed by atoms with Gasteiger partial charge < -0.3 is 10.1 Å². The quantitative estimate of drug-likeness (QED) is 0.807. The molecule has 3 aliphatic rings. The number of nitrogens with one attached hydrogen (secondary N) is 2. The number of fused-ring (bicyclic) bond motifs is 1. The molecule has 0 spiro atoms. The standard InChI is InChI=1S/C21H21N5O2S/c1-21(2)11-16-18(19(27)24-21)29-20(23-16)26-9-10-28-17(12-26)14-6-4-3-5-13(14)15-7-8-22-25-15/h3,5,7-10,12H,4,6,11H2,1-2H3,(H,22,25)(H,24,27). The summed E-state index contributed by atoms with van der Waals surface area (Å²) in [5, 5.41) is 10.9. The SMILES string of the molecule is CC1(C)Cc2nc(N3C=COC(C4=C(c5ccn[nH]5)C=CCC4)=C3)sc2C(=O)N1. The van der Waals surface area contributed by atoms with Gasteiger partial charge in [-0.2, -0.15) is 5.10 Å². The van der Waals surface area contributed by atoms with Crippen LogP contribution in [-0.4, -0.2) is 26.6 Å². The number of aromatic nitrogens is 3. The predicted molar refractivity (Wildman–Crippen MR) is 112 cm³/mol. The first kappa shape index (κ1) is 17.9. The van der Waals surface area contributed by atoms with Gasteiger partial charge >= 0.3 is 0 Å². The van der Waals surface area contributed by atoms with E-state index < -0.39 is 0 Å². The first-order valence-corrected chi connectivity index (χ1v) is 10.4. The number of carbonyl (C=O) groups excluding carboxylic acids is 1. The van der Waals surface area contributed by atoms with Gasteiger partial charge in [0.25, 0.3) is 5.91 Å².